The van der Waals surface area contributed by atoms with Crippen LogP contribution in [-0.2, 0) is 4.79 Å². The molecule has 4 nitrogen and oxygen atoms in total. The Morgan fingerprint density at radius 3 is 2.86 bits per heavy atom. The van der Waals surface area contributed by atoms with Gasteiger partial charge in [-0.25, -0.2) is 0 Å². The molecule has 4 heteroatoms. The molecule has 0 bridgehead atoms. The minimum atomic E-state index is -0.596. The van der Waals surface area contributed by atoms with E-state index >= 15 is 0 Å². The molecule has 1 heterocycles. The molecule has 0 radical (unpaired) electrons. The lowest BCUT2D eigenvalue weighted by atomic mass is 9.80. The van der Waals surface area contributed by atoms with Crippen LogP contribution >= 0.6 is 0 Å². The van der Waals surface area contributed by atoms with Crippen molar-refractivity contribution in [3.8, 4) is 0 Å². The van der Waals surface area contributed by atoms with Gasteiger partial charge in [-0.1, -0.05) is 0 Å². The highest BCUT2D eigenvalue weighted by Crippen LogP contribution is 2.30. The van der Waals surface area contributed by atoms with E-state index in [1.807, 2.05) is 0 Å². The molecular weight excluding hydrogens is 180 g/mol. The van der Waals surface area contributed by atoms with Gasteiger partial charge in [-0.3, -0.25) is 4.79 Å². The number of carbonyl (C=O) groups excluding carboxylic acids is 1. The lowest BCUT2D eigenvalue weighted by Gasteiger charge is -2.36. The number of amides is 1. The number of nitrogens with one attached hydrogen (secondary N) is 2. The minimum Gasteiger partial charge on any atom is -0.388 e. The summed E-state index contributed by atoms with van der Waals surface area (Å²) in [5, 5.41) is 15.8. The van der Waals surface area contributed by atoms with E-state index in [9.17, 15) is 9.90 Å². The SMILES string of the molecule is O=C(NCC1(O)CCC1)C1CCNC1. The molecule has 1 saturated heterocycles. The molecule has 0 aromatic heterocycles. The van der Waals surface area contributed by atoms with Crippen LogP contribution in [0.2, 0.25) is 0 Å². The summed E-state index contributed by atoms with van der Waals surface area (Å²) in [4.78, 5) is 11.6. The summed E-state index contributed by atoms with van der Waals surface area (Å²) < 4.78 is 0. The van der Waals surface area contributed by atoms with E-state index in [1.54, 1.807) is 0 Å². The molecule has 1 atom stereocenters. The zero-order valence-corrected chi connectivity index (χ0v) is 8.38. The third kappa shape index (κ3) is 2.07. The predicted molar refractivity (Wildman–Crippen MR) is 52.8 cm³/mol. The number of aliphatic hydroxyl groups is 1. The van der Waals surface area contributed by atoms with Crippen LogP contribution in [-0.4, -0.2) is 36.2 Å². The first kappa shape index (κ1) is 9.93. The number of hydrogen-bond donors (Lipinski definition) is 3. The third-order valence-corrected chi connectivity index (χ3v) is 3.31. The van der Waals surface area contributed by atoms with Gasteiger partial charge < -0.3 is 15.7 Å². The predicted octanol–water partition coefficient (Wildman–Crippen LogP) is -0.373. The summed E-state index contributed by atoms with van der Waals surface area (Å²) in [5.41, 5.74) is -0.596. The summed E-state index contributed by atoms with van der Waals surface area (Å²) in [6.07, 6.45) is 3.66. The number of carbonyl (C=O) groups is 1. The topological polar surface area (TPSA) is 61.4 Å². The van der Waals surface area contributed by atoms with Gasteiger partial charge in [-0.05, 0) is 32.2 Å². The highest BCUT2D eigenvalue weighted by Gasteiger charge is 2.35. The van der Waals surface area contributed by atoms with E-state index in [0.29, 0.717) is 6.54 Å². The summed E-state index contributed by atoms with van der Waals surface area (Å²) in [7, 11) is 0. The second-order valence-corrected chi connectivity index (χ2v) is 4.49. The molecule has 80 valence electrons. The van der Waals surface area contributed by atoms with Crippen molar-refractivity contribution >= 4 is 5.91 Å². The van der Waals surface area contributed by atoms with Gasteiger partial charge in [0.2, 0.25) is 5.91 Å². The molecule has 3 N–H and O–H groups in total. The Bertz CT molecular complexity index is 220. The number of rotatable bonds is 3. The summed E-state index contributed by atoms with van der Waals surface area (Å²) in [6, 6.07) is 0. The highest BCUT2D eigenvalue weighted by atomic mass is 16.3. The lowest BCUT2D eigenvalue weighted by molar-refractivity contribution is -0.126. The Hall–Kier alpha value is -0.610. The average Bonchev–Trinajstić information content (AvgIpc) is 2.63. The quantitative estimate of drug-likeness (QED) is 0.579. The molecule has 2 fully saturated rings. The van der Waals surface area contributed by atoms with Crippen LogP contribution in [0.5, 0.6) is 0 Å². The first-order valence-corrected chi connectivity index (χ1v) is 5.40. The van der Waals surface area contributed by atoms with Crippen LogP contribution in [0.1, 0.15) is 25.7 Å². The Balaban J connectivity index is 1.71. The molecule has 2 aliphatic rings. The lowest BCUT2D eigenvalue weighted by Crippen LogP contribution is -2.49. The van der Waals surface area contributed by atoms with Crippen molar-refractivity contribution in [3.05, 3.63) is 0 Å². The Labute approximate surface area is 84.1 Å². The second-order valence-electron chi connectivity index (χ2n) is 4.49. The zero-order chi connectivity index (χ0) is 10.0. The molecule has 1 aliphatic heterocycles. The van der Waals surface area contributed by atoms with Crippen molar-refractivity contribution in [2.75, 3.05) is 19.6 Å². The van der Waals surface area contributed by atoms with Crippen LogP contribution in [0.15, 0.2) is 0 Å². The van der Waals surface area contributed by atoms with Gasteiger partial charge in [0.05, 0.1) is 11.5 Å². The van der Waals surface area contributed by atoms with Crippen LogP contribution in [0.4, 0.5) is 0 Å². The molecule has 0 aromatic rings. The van der Waals surface area contributed by atoms with Gasteiger partial charge in [-0.2, -0.15) is 0 Å². The minimum absolute atomic E-state index is 0.0929. The molecule has 0 spiro atoms. The fraction of sp³-hybridized carbons (Fsp3) is 0.900. The molecule has 2 rings (SSSR count). The Morgan fingerprint density at radius 2 is 2.36 bits per heavy atom. The van der Waals surface area contributed by atoms with E-state index in [2.05, 4.69) is 10.6 Å². The molecular formula is C10H18N2O2. The first-order chi connectivity index (χ1) is 6.70. The largest absolute Gasteiger partial charge is 0.388 e. The van der Waals surface area contributed by atoms with Crippen LogP contribution in [0, 0.1) is 5.92 Å². The van der Waals surface area contributed by atoms with E-state index in [-0.39, 0.29) is 11.8 Å². The molecule has 1 saturated carbocycles. The van der Waals surface area contributed by atoms with Crippen LogP contribution in [0.25, 0.3) is 0 Å². The highest BCUT2D eigenvalue weighted by molar-refractivity contribution is 5.79. The summed E-state index contributed by atoms with van der Waals surface area (Å²) in [5.74, 6) is 0.203. The van der Waals surface area contributed by atoms with E-state index < -0.39 is 5.60 Å². The standard InChI is InChI=1S/C10H18N2O2/c13-9(8-2-5-11-6-8)12-7-10(14)3-1-4-10/h8,11,14H,1-7H2,(H,12,13). The Morgan fingerprint density at radius 1 is 1.57 bits per heavy atom. The fourth-order valence-corrected chi connectivity index (χ4v) is 2.04. The van der Waals surface area contributed by atoms with Crippen molar-refractivity contribution in [2.24, 2.45) is 5.92 Å². The summed E-state index contributed by atoms with van der Waals surface area (Å²) >= 11 is 0. The molecule has 0 aromatic carbocycles. The molecule has 1 aliphatic carbocycles. The smallest absolute Gasteiger partial charge is 0.224 e. The molecule has 1 amide bonds. The first-order valence-electron chi connectivity index (χ1n) is 5.40. The summed E-state index contributed by atoms with van der Waals surface area (Å²) in [6.45, 7) is 2.15. The van der Waals surface area contributed by atoms with E-state index in [1.165, 1.54) is 0 Å². The van der Waals surface area contributed by atoms with Gasteiger partial charge in [0.1, 0.15) is 0 Å². The second kappa shape index (κ2) is 3.87. The average molecular weight is 198 g/mol. The van der Waals surface area contributed by atoms with Crippen molar-refractivity contribution in [1.82, 2.24) is 10.6 Å². The monoisotopic (exact) mass is 198 g/mol. The van der Waals surface area contributed by atoms with Gasteiger partial charge in [0, 0.05) is 13.1 Å². The van der Waals surface area contributed by atoms with Crippen molar-refractivity contribution in [3.63, 3.8) is 0 Å². The van der Waals surface area contributed by atoms with Gasteiger partial charge >= 0.3 is 0 Å². The third-order valence-electron chi connectivity index (χ3n) is 3.31. The van der Waals surface area contributed by atoms with E-state index in [4.69, 9.17) is 0 Å². The van der Waals surface area contributed by atoms with Gasteiger partial charge in [0.15, 0.2) is 0 Å². The van der Waals surface area contributed by atoms with Crippen molar-refractivity contribution < 1.29 is 9.90 Å². The van der Waals surface area contributed by atoms with Crippen LogP contribution in [0.3, 0.4) is 0 Å². The normalized spacial score (nSPS) is 29.6. The molecule has 1 unspecified atom stereocenters. The van der Waals surface area contributed by atoms with Gasteiger partial charge in [-0.15, -0.1) is 0 Å². The van der Waals surface area contributed by atoms with Crippen LogP contribution < -0.4 is 10.6 Å². The van der Waals surface area contributed by atoms with Crippen molar-refractivity contribution in [1.29, 1.82) is 0 Å². The maximum absolute atomic E-state index is 11.6. The number of hydrogen-bond acceptors (Lipinski definition) is 3. The molecule has 14 heavy (non-hydrogen) atoms. The van der Waals surface area contributed by atoms with E-state index in [0.717, 1.165) is 38.8 Å². The van der Waals surface area contributed by atoms with Gasteiger partial charge in [0.25, 0.3) is 0 Å². The zero-order valence-electron chi connectivity index (χ0n) is 8.38. The maximum atomic E-state index is 11.6. The maximum Gasteiger partial charge on any atom is 0.224 e. The Kier molecular flexibility index (Phi) is 2.74. The van der Waals surface area contributed by atoms with Crippen molar-refractivity contribution in [2.45, 2.75) is 31.3 Å². The fourth-order valence-electron chi connectivity index (χ4n) is 2.04.